The Morgan fingerprint density at radius 3 is 2.88 bits per heavy atom. The molecule has 0 saturated heterocycles. The summed E-state index contributed by atoms with van der Waals surface area (Å²) in [5.41, 5.74) is 0. The van der Waals surface area contributed by atoms with Crippen LogP contribution in [0.4, 0.5) is 5.82 Å². The number of methoxy groups -OCH3 is 1. The Morgan fingerprint density at radius 1 is 1.50 bits per heavy atom. The van der Waals surface area contributed by atoms with Crippen LogP contribution in [0.5, 0.6) is 5.88 Å². The maximum Gasteiger partial charge on any atom is 0.218 e. The Hall–Kier alpha value is -1.36. The number of aliphatic hydroxyl groups excluding tert-OH is 1. The number of aryl methyl sites for hydroxylation is 1. The summed E-state index contributed by atoms with van der Waals surface area (Å²) in [6.07, 6.45) is 1.44. The summed E-state index contributed by atoms with van der Waals surface area (Å²) in [5.74, 6) is 2.00. The van der Waals surface area contributed by atoms with Crippen LogP contribution in [0, 0.1) is 6.92 Å². The summed E-state index contributed by atoms with van der Waals surface area (Å²) in [4.78, 5) is 8.33. The third kappa shape index (κ3) is 4.44. The summed E-state index contributed by atoms with van der Waals surface area (Å²) >= 11 is 0. The minimum absolute atomic E-state index is 0.247. The number of nitrogens with zero attached hydrogens (tertiary/aromatic N) is 2. The standard InChI is InChI=1S/C11H19N3O2/c1-8(15)5-4-6-12-10-7-11(16-3)14-9(2)13-10/h7-8,15H,4-6H2,1-3H3,(H,12,13,14). The van der Waals surface area contributed by atoms with Crippen LogP contribution in [-0.2, 0) is 0 Å². The van der Waals surface area contributed by atoms with E-state index in [-0.39, 0.29) is 6.10 Å². The minimum atomic E-state index is -0.247. The van der Waals surface area contributed by atoms with Crippen LogP contribution in [0.3, 0.4) is 0 Å². The van der Waals surface area contributed by atoms with Crippen LogP contribution in [0.25, 0.3) is 0 Å². The lowest BCUT2D eigenvalue weighted by Gasteiger charge is -2.08. The van der Waals surface area contributed by atoms with Gasteiger partial charge in [-0.15, -0.1) is 0 Å². The van der Waals surface area contributed by atoms with Gasteiger partial charge in [0.05, 0.1) is 13.2 Å². The summed E-state index contributed by atoms with van der Waals surface area (Å²) in [5, 5.41) is 12.3. The second-order valence-electron chi connectivity index (χ2n) is 3.76. The first kappa shape index (κ1) is 12.7. The van der Waals surface area contributed by atoms with Crippen LogP contribution >= 0.6 is 0 Å². The average molecular weight is 225 g/mol. The van der Waals surface area contributed by atoms with Gasteiger partial charge in [0.2, 0.25) is 5.88 Å². The van der Waals surface area contributed by atoms with Gasteiger partial charge >= 0.3 is 0 Å². The molecule has 0 aliphatic carbocycles. The topological polar surface area (TPSA) is 67.3 Å². The molecule has 1 atom stereocenters. The molecule has 0 bridgehead atoms. The Labute approximate surface area is 95.9 Å². The molecule has 0 saturated carbocycles. The van der Waals surface area contributed by atoms with Gasteiger partial charge in [-0.25, -0.2) is 4.98 Å². The molecule has 1 aromatic rings. The highest BCUT2D eigenvalue weighted by atomic mass is 16.5. The highest BCUT2D eigenvalue weighted by Crippen LogP contribution is 2.12. The van der Waals surface area contributed by atoms with Crippen molar-refractivity contribution in [3.8, 4) is 5.88 Å². The molecule has 0 spiro atoms. The Balaban J connectivity index is 2.44. The third-order valence-electron chi connectivity index (χ3n) is 2.13. The highest BCUT2D eigenvalue weighted by molar-refractivity contribution is 5.38. The van der Waals surface area contributed by atoms with Crippen molar-refractivity contribution in [2.24, 2.45) is 0 Å². The fourth-order valence-corrected chi connectivity index (χ4v) is 1.35. The first-order valence-electron chi connectivity index (χ1n) is 5.43. The lowest BCUT2D eigenvalue weighted by molar-refractivity contribution is 0.183. The summed E-state index contributed by atoms with van der Waals surface area (Å²) in [7, 11) is 1.58. The second-order valence-corrected chi connectivity index (χ2v) is 3.76. The Bertz CT molecular complexity index is 329. The SMILES string of the molecule is COc1cc(NCCCC(C)O)nc(C)n1. The summed E-state index contributed by atoms with van der Waals surface area (Å²) in [6.45, 7) is 4.39. The number of aromatic nitrogens is 2. The molecule has 0 aliphatic heterocycles. The molecule has 2 N–H and O–H groups in total. The lowest BCUT2D eigenvalue weighted by Crippen LogP contribution is -2.08. The van der Waals surface area contributed by atoms with Gasteiger partial charge in [0, 0.05) is 12.6 Å². The van der Waals surface area contributed by atoms with Gasteiger partial charge in [-0.3, -0.25) is 0 Å². The van der Waals surface area contributed by atoms with Gasteiger partial charge in [-0.2, -0.15) is 4.98 Å². The van der Waals surface area contributed by atoms with E-state index in [0.29, 0.717) is 11.7 Å². The van der Waals surface area contributed by atoms with Crippen LogP contribution in [0.15, 0.2) is 6.07 Å². The highest BCUT2D eigenvalue weighted by Gasteiger charge is 2.01. The average Bonchev–Trinajstić information content (AvgIpc) is 2.23. The smallest absolute Gasteiger partial charge is 0.218 e. The quantitative estimate of drug-likeness (QED) is 0.716. The summed E-state index contributed by atoms with van der Waals surface area (Å²) in [6, 6.07) is 1.76. The van der Waals surface area contributed by atoms with Crippen LogP contribution in [0.2, 0.25) is 0 Å². The molecule has 16 heavy (non-hydrogen) atoms. The molecule has 0 fully saturated rings. The summed E-state index contributed by atoms with van der Waals surface area (Å²) < 4.78 is 5.05. The van der Waals surface area contributed by atoms with Gasteiger partial charge < -0.3 is 15.2 Å². The third-order valence-corrected chi connectivity index (χ3v) is 2.13. The Morgan fingerprint density at radius 2 is 2.25 bits per heavy atom. The second kappa shape index (κ2) is 6.27. The molecule has 0 aliphatic rings. The van der Waals surface area contributed by atoms with Crippen molar-refractivity contribution in [3.05, 3.63) is 11.9 Å². The molecular formula is C11H19N3O2. The first-order chi connectivity index (χ1) is 7.61. The molecular weight excluding hydrogens is 206 g/mol. The van der Waals surface area contributed by atoms with Gasteiger partial charge in [-0.1, -0.05) is 0 Å². The van der Waals surface area contributed by atoms with Gasteiger partial charge in [0.1, 0.15) is 11.6 Å². The number of hydrogen-bond donors (Lipinski definition) is 2. The zero-order valence-electron chi connectivity index (χ0n) is 10.0. The number of ether oxygens (including phenoxy) is 1. The van der Waals surface area contributed by atoms with Crippen molar-refractivity contribution in [3.63, 3.8) is 0 Å². The molecule has 1 rings (SSSR count). The normalized spacial score (nSPS) is 12.2. The van der Waals surface area contributed by atoms with E-state index in [1.165, 1.54) is 0 Å². The van der Waals surface area contributed by atoms with Crippen LogP contribution in [0.1, 0.15) is 25.6 Å². The van der Waals surface area contributed by atoms with Gasteiger partial charge in [0.25, 0.3) is 0 Å². The van der Waals surface area contributed by atoms with Crippen molar-refractivity contribution in [2.45, 2.75) is 32.8 Å². The van der Waals surface area contributed by atoms with Gasteiger partial charge in [0.15, 0.2) is 0 Å². The number of rotatable bonds is 6. The van der Waals surface area contributed by atoms with Crippen molar-refractivity contribution < 1.29 is 9.84 Å². The minimum Gasteiger partial charge on any atom is -0.481 e. The largest absolute Gasteiger partial charge is 0.481 e. The maximum absolute atomic E-state index is 9.10. The zero-order valence-corrected chi connectivity index (χ0v) is 10.0. The first-order valence-corrected chi connectivity index (χ1v) is 5.43. The van der Waals surface area contributed by atoms with E-state index in [0.717, 1.165) is 25.2 Å². The number of anilines is 1. The molecule has 0 amide bonds. The maximum atomic E-state index is 9.10. The molecule has 1 unspecified atom stereocenters. The fourth-order valence-electron chi connectivity index (χ4n) is 1.35. The van der Waals surface area contributed by atoms with E-state index in [1.807, 2.05) is 6.92 Å². The van der Waals surface area contributed by atoms with Crippen molar-refractivity contribution in [1.82, 2.24) is 9.97 Å². The predicted molar refractivity (Wildman–Crippen MR) is 62.7 cm³/mol. The fraction of sp³-hybridized carbons (Fsp3) is 0.636. The molecule has 0 radical (unpaired) electrons. The predicted octanol–water partition coefficient (Wildman–Crippen LogP) is 1.37. The van der Waals surface area contributed by atoms with Gasteiger partial charge in [-0.05, 0) is 26.7 Å². The number of hydrogen-bond acceptors (Lipinski definition) is 5. The number of nitrogens with one attached hydrogen (secondary N) is 1. The number of aliphatic hydroxyl groups is 1. The van der Waals surface area contributed by atoms with E-state index in [1.54, 1.807) is 20.1 Å². The van der Waals surface area contributed by atoms with Crippen LogP contribution in [-0.4, -0.2) is 34.8 Å². The Kier molecular flexibility index (Phi) is 4.98. The molecule has 0 aromatic carbocycles. The molecule has 1 aromatic heterocycles. The molecule has 5 nitrogen and oxygen atoms in total. The van der Waals surface area contributed by atoms with Crippen molar-refractivity contribution >= 4 is 5.82 Å². The van der Waals surface area contributed by atoms with Crippen LogP contribution < -0.4 is 10.1 Å². The van der Waals surface area contributed by atoms with E-state index >= 15 is 0 Å². The van der Waals surface area contributed by atoms with E-state index in [4.69, 9.17) is 9.84 Å². The van der Waals surface area contributed by atoms with E-state index in [2.05, 4.69) is 15.3 Å². The van der Waals surface area contributed by atoms with E-state index < -0.39 is 0 Å². The monoisotopic (exact) mass is 225 g/mol. The molecule has 90 valence electrons. The van der Waals surface area contributed by atoms with Crippen molar-refractivity contribution in [1.29, 1.82) is 0 Å². The van der Waals surface area contributed by atoms with E-state index in [9.17, 15) is 0 Å². The molecule has 5 heteroatoms. The molecule has 1 heterocycles. The zero-order chi connectivity index (χ0) is 12.0. The van der Waals surface area contributed by atoms with Crippen molar-refractivity contribution in [2.75, 3.05) is 19.0 Å². The lowest BCUT2D eigenvalue weighted by atomic mass is 10.2.